The molecule has 1 atom stereocenters. The van der Waals surface area contributed by atoms with Crippen LogP contribution in [-0.2, 0) is 5.60 Å². The van der Waals surface area contributed by atoms with Gasteiger partial charge in [0.1, 0.15) is 17.1 Å². The molecular weight excluding hydrogens is 276 g/mol. The molecule has 1 aliphatic heterocycles. The number of ether oxygens (including phenoxy) is 1. The fourth-order valence-corrected chi connectivity index (χ4v) is 2.59. The second-order valence-corrected chi connectivity index (χ2v) is 5.56. The highest BCUT2D eigenvalue weighted by atomic mass is 35.5. The number of ketones is 1. The van der Waals surface area contributed by atoms with E-state index in [1.165, 1.54) is 12.1 Å². The summed E-state index contributed by atoms with van der Waals surface area (Å²) in [6.07, 6.45) is 0.227. The number of carbonyl (C=O) groups excluding carboxylic acids is 1. The molecule has 0 fully saturated rings. The zero-order valence-electron chi connectivity index (χ0n) is 10.9. The molecular formula is C16H13ClO3. The number of halogens is 1. The van der Waals surface area contributed by atoms with Crippen LogP contribution in [0.15, 0.2) is 42.5 Å². The summed E-state index contributed by atoms with van der Waals surface area (Å²) in [7, 11) is 0. The van der Waals surface area contributed by atoms with Gasteiger partial charge < -0.3 is 9.84 Å². The van der Waals surface area contributed by atoms with Gasteiger partial charge in [-0.1, -0.05) is 23.7 Å². The van der Waals surface area contributed by atoms with Crippen molar-refractivity contribution in [3.05, 3.63) is 58.6 Å². The Hall–Kier alpha value is -2.00. The number of carbonyl (C=O) groups is 1. The maximum absolute atomic E-state index is 12.3. The fourth-order valence-electron chi connectivity index (χ4n) is 2.47. The van der Waals surface area contributed by atoms with Crippen molar-refractivity contribution in [1.82, 2.24) is 0 Å². The predicted molar refractivity (Wildman–Crippen MR) is 76.5 cm³/mol. The summed E-state index contributed by atoms with van der Waals surface area (Å²) in [5.41, 5.74) is 0.608. The Morgan fingerprint density at radius 1 is 1.20 bits per heavy atom. The molecule has 0 aromatic heterocycles. The summed E-state index contributed by atoms with van der Waals surface area (Å²) in [6.45, 7) is 1.88. The highest BCUT2D eigenvalue weighted by molar-refractivity contribution is 6.30. The van der Waals surface area contributed by atoms with Crippen LogP contribution in [0.2, 0.25) is 5.02 Å². The largest absolute Gasteiger partial charge is 0.508 e. The van der Waals surface area contributed by atoms with Crippen LogP contribution in [0.3, 0.4) is 0 Å². The van der Waals surface area contributed by atoms with Gasteiger partial charge in [0.25, 0.3) is 0 Å². The molecule has 0 saturated carbocycles. The lowest BCUT2D eigenvalue weighted by Crippen LogP contribution is -2.36. The topological polar surface area (TPSA) is 46.5 Å². The minimum absolute atomic E-state index is 0.0420. The molecule has 0 aliphatic carbocycles. The summed E-state index contributed by atoms with van der Waals surface area (Å²) in [5.74, 6) is 0.520. The van der Waals surface area contributed by atoms with Crippen LogP contribution in [0.5, 0.6) is 11.5 Å². The van der Waals surface area contributed by atoms with Crippen LogP contribution in [-0.4, -0.2) is 10.9 Å². The maximum atomic E-state index is 12.3. The van der Waals surface area contributed by atoms with Gasteiger partial charge in [-0.3, -0.25) is 4.79 Å². The Morgan fingerprint density at radius 3 is 2.60 bits per heavy atom. The van der Waals surface area contributed by atoms with Crippen LogP contribution in [0.1, 0.15) is 29.3 Å². The minimum Gasteiger partial charge on any atom is -0.508 e. The van der Waals surface area contributed by atoms with Crippen molar-refractivity contribution in [2.75, 3.05) is 0 Å². The van der Waals surface area contributed by atoms with Gasteiger partial charge in [0.15, 0.2) is 5.78 Å². The van der Waals surface area contributed by atoms with E-state index in [-0.39, 0.29) is 18.0 Å². The molecule has 0 radical (unpaired) electrons. The number of phenols is 1. The molecule has 0 spiro atoms. The van der Waals surface area contributed by atoms with Gasteiger partial charge in [-0.05, 0) is 42.8 Å². The van der Waals surface area contributed by atoms with Crippen molar-refractivity contribution in [1.29, 1.82) is 0 Å². The van der Waals surface area contributed by atoms with Gasteiger partial charge >= 0.3 is 0 Å². The average molecular weight is 289 g/mol. The third kappa shape index (κ3) is 2.14. The summed E-state index contributed by atoms with van der Waals surface area (Å²) < 4.78 is 6.00. The van der Waals surface area contributed by atoms with Crippen LogP contribution in [0.25, 0.3) is 0 Å². The first kappa shape index (κ1) is 13.0. The number of hydrogen-bond donors (Lipinski definition) is 1. The van der Waals surface area contributed by atoms with Crippen LogP contribution >= 0.6 is 11.6 Å². The second-order valence-electron chi connectivity index (χ2n) is 5.12. The molecule has 2 aromatic carbocycles. The number of phenolic OH excluding ortho intramolecular Hbond substituents is 1. The van der Waals surface area contributed by atoms with E-state index >= 15 is 0 Å². The van der Waals surface area contributed by atoms with Gasteiger partial charge in [0, 0.05) is 5.02 Å². The Labute approximate surface area is 121 Å². The van der Waals surface area contributed by atoms with E-state index in [1.54, 1.807) is 18.2 Å². The smallest absolute Gasteiger partial charge is 0.171 e. The molecule has 20 heavy (non-hydrogen) atoms. The zero-order valence-corrected chi connectivity index (χ0v) is 11.6. The predicted octanol–water partition coefficient (Wildman–Crippen LogP) is 3.93. The SMILES string of the molecule is C[C@@]1(c2ccc(Cl)cc2)CC(=O)c2cc(O)ccc2O1. The standard InChI is InChI=1S/C16H13ClO3/c1-16(10-2-4-11(17)5-3-10)9-14(19)13-8-12(18)6-7-15(13)20-16/h2-8,18H,9H2,1H3/t16-/m0/s1. The summed E-state index contributed by atoms with van der Waals surface area (Å²) in [6, 6.07) is 11.9. The molecule has 2 aromatic rings. The lowest BCUT2D eigenvalue weighted by Gasteiger charge is -2.35. The molecule has 3 rings (SSSR count). The molecule has 102 valence electrons. The molecule has 1 aliphatic rings. The van der Waals surface area contributed by atoms with Crippen LogP contribution < -0.4 is 4.74 Å². The van der Waals surface area contributed by atoms with E-state index in [9.17, 15) is 9.90 Å². The third-order valence-corrected chi connectivity index (χ3v) is 3.80. The highest BCUT2D eigenvalue weighted by Gasteiger charge is 2.38. The number of aromatic hydroxyl groups is 1. The van der Waals surface area contributed by atoms with Gasteiger partial charge in [-0.2, -0.15) is 0 Å². The number of hydrogen-bond acceptors (Lipinski definition) is 3. The number of fused-ring (bicyclic) bond motifs is 1. The lowest BCUT2D eigenvalue weighted by atomic mass is 9.85. The first-order chi connectivity index (χ1) is 9.48. The van der Waals surface area contributed by atoms with E-state index in [4.69, 9.17) is 16.3 Å². The molecule has 1 N–H and O–H groups in total. The van der Waals surface area contributed by atoms with E-state index in [0.717, 1.165) is 5.56 Å². The molecule has 1 heterocycles. The van der Waals surface area contributed by atoms with Gasteiger partial charge in [-0.15, -0.1) is 0 Å². The van der Waals surface area contributed by atoms with Gasteiger partial charge in [0.2, 0.25) is 0 Å². The fraction of sp³-hybridized carbons (Fsp3) is 0.188. The minimum atomic E-state index is -0.717. The van der Waals surface area contributed by atoms with Crippen LogP contribution in [0, 0.1) is 0 Å². The number of Topliss-reactive ketones (excluding diaryl/α,β-unsaturated/α-hetero) is 1. The summed E-state index contributed by atoms with van der Waals surface area (Å²) >= 11 is 5.89. The zero-order chi connectivity index (χ0) is 14.3. The Morgan fingerprint density at radius 2 is 1.90 bits per heavy atom. The molecule has 0 saturated heterocycles. The van der Waals surface area contributed by atoms with Gasteiger partial charge in [-0.25, -0.2) is 0 Å². The number of rotatable bonds is 1. The van der Waals surface area contributed by atoms with E-state index < -0.39 is 5.60 Å². The Bertz CT molecular complexity index is 679. The molecule has 0 amide bonds. The first-order valence-electron chi connectivity index (χ1n) is 6.29. The molecule has 4 heteroatoms. The van der Waals surface area contributed by atoms with Crippen molar-refractivity contribution in [2.45, 2.75) is 18.9 Å². The normalized spacial score (nSPS) is 21.2. The Balaban J connectivity index is 2.04. The average Bonchev–Trinajstić information content (AvgIpc) is 2.40. The van der Waals surface area contributed by atoms with Crippen molar-refractivity contribution in [2.24, 2.45) is 0 Å². The summed E-state index contributed by atoms with van der Waals surface area (Å²) in [4.78, 5) is 12.3. The van der Waals surface area contributed by atoms with E-state index in [0.29, 0.717) is 16.3 Å². The third-order valence-electron chi connectivity index (χ3n) is 3.55. The molecule has 3 nitrogen and oxygen atoms in total. The van der Waals surface area contributed by atoms with Crippen molar-refractivity contribution < 1.29 is 14.6 Å². The van der Waals surface area contributed by atoms with Crippen molar-refractivity contribution in [3.8, 4) is 11.5 Å². The van der Waals surface area contributed by atoms with Crippen molar-refractivity contribution in [3.63, 3.8) is 0 Å². The quantitative estimate of drug-likeness (QED) is 0.865. The van der Waals surface area contributed by atoms with E-state index in [2.05, 4.69) is 0 Å². The van der Waals surface area contributed by atoms with Gasteiger partial charge in [0.05, 0.1) is 12.0 Å². The molecule has 0 bridgehead atoms. The van der Waals surface area contributed by atoms with Crippen molar-refractivity contribution >= 4 is 17.4 Å². The van der Waals surface area contributed by atoms with Crippen LogP contribution in [0.4, 0.5) is 0 Å². The second kappa shape index (κ2) is 4.53. The monoisotopic (exact) mass is 288 g/mol. The molecule has 0 unspecified atom stereocenters. The lowest BCUT2D eigenvalue weighted by molar-refractivity contribution is 0.0502. The first-order valence-corrected chi connectivity index (χ1v) is 6.67. The summed E-state index contributed by atoms with van der Waals surface area (Å²) in [5, 5.41) is 10.1. The maximum Gasteiger partial charge on any atom is 0.171 e. The number of benzene rings is 2. The van der Waals surface area contributed by atoms with E-state index in [1.807, 2.05) is 19.1 Å². The Kier molecular flexibility index (Phi) is 2.94. The highest BCUT2D eigenvalue weighted by Crippen LogP contribution is 2.40.